The van der Waals surface area contributed by atoms with E-state index in [1.807, 2.05) is 31.2 Å². The first-order valence-electron chi connectivity index (χ1n) is 3.65. The molecule has 0 aromatic heterocycles. The molecule has 1 nitrogen and oxygen atoms in total. The van der Waals surface area contributed by atoms with Crippen LogP contribution in [0.15, 0.2) is 49.2 Å². The third kappa shape index (κ3) is 5.22. The fraction of sp³-hybridized carbons (Fsp3) is 0.200. The first-order chi connectivity index (χ1) is 5.35. The van der Waals surface area contributed by atoms with Crippen LogP contribution in [0, 0.1) is 0 Å². The molecule has 0 spiro atoms. The van der Waals surface area contributed by atoms with E-state index in [0.717, 1.165) is 12.2 Å². The summed E-state index contributed by atoms with van der Waals surface area (Å²) in [4.78, 5) is 0. The number of hydrogen-bond donors (Lipinski definition) is 1. The van der Waals surface area contributed by atoms with Crippen LogP contribution in [0.4, 0.5) is 0 Å². The average molecular weight is 149 g/mol. The van der Waals surface area contributed by atoms with Crippen LogP contribution in [0.25, 0.3) is 0 Å². The quantitative estimate of drug-likeness (QED) is 0.467. The minimum Gasteiger partial charge on any atom is -0.382 e. The van der Waals surface area contributed by atoms with Crippen molar-refractivity contribution in [1.82, 2.24) is 5.32 Å². The summed E-state index contributed by atoms with van der Waals surface area (Å²) in [5.74, 6) is 0. The molecule has 0 aliphatic carbocycles. The third-order valence-electron chi connectivity index (χ3n) is 1.17. The molecule has 11 heavy (non-hydrogen) atoms. The zero-order valence-corrected chi connectivity index (χ0v) is 7.01. The highest BCUT2D eigenvalue weighted by Gasteiger charge is 1.83. The molecule has 0 saturated carbocycles. The fourth-order valence-electron chi connectivity index (χ4n) is 0.619. The lowest BCUT2D eigenvalue weighted by molar-refractivity contribution is 0.933. The maximum Gasteiger partial charge on any atom is 0.0328 e. The molecule has 1 heteroatoms. The molecule has 0 aromatic carbocycles. The van der Waals surface area contributed by atoms with Crippen LogP contribution in [0.2, 0.25) is 0 Å². The molecule has 1 N–H and O–H groups in total. The summed E-state index contributed by atoms with van der Waals surface area (Å²) in [7, 11) is 0. The summed E-state index contributed by atoms with van der Waals surface area (Å²) >= 11 is 0. The van der Waals surface area contributed by atoms with Gasteiger partial charge in [0.1, 0.15) is 0 Å². The van der Waals surface area contributed by atoms with Gasteiger partial charge in [0, 0.05) is 12.2 Å². The van der Waals surface area contributed by atoms with Crippen molar-refractivity contribution in [2.24, 2.45) is 0 Å². The molecule has 0 amide bonds. The van der Waals surface area contributed by atoms with E-state index in [9.17, 15) is 0 Å². The topological polar surface area (TPSA) is 12.0 Å². The smallest absolute Gasteiger partial charge is 0.0328 e. The van der Waals surface area contributed by atoms with E-state index in [4.69, 9.17) is 0 Å². The van der Waals surface area contributed by atoms with E-state index < -0.39 is 0 Å². The van der Waals surface area contributed by atoms with Gasteiger partial charge in [0.05, 0.1) is 0 Å². The molecular weight excluding hydrogens is 134 g/mol. The maximum atomic E-state index is 3.61. The van der Waals surface area contributed by atoms with Crippen molar-refractivity contribution in [1.29, 1.82) is 0 Å². The number of rotatable bonds is 5. The van der Waals surface area contributed by atoms with E-state index in [-0.39, 0.29) is 0 Å². The lowest BCUT2D eigenvalue weighted by Crippen LogP contribution is -2.10. The summed E-state index contributed by atoms with van der Waals surface area (Å²) in [6.07, 6.45) is 9.44. The Morgan fingerprint density at radius 3 is 2.64 bits per heavy atom. The van der Waals surface area contributed by atoms with Gasteiger partial charge in [-0.15, -0.1) is 6.58 Å². The predicted molar refractivity (Wildman–Crippen MR) is 51.3 cm³/mol. The zero-order valence-electron chi connectivity index (χ0n) is 7.01. The second-order valence-corrected chi connectivity index (χ2v) is 2.01. The number of allylic oxidation sites excluding steroid dienone is 4. The Morgan fingerprint density at radius 1 is 1.45 bits per heavy atom. The summed E-state index contributed by atoms with van der Waals surface area (Å²) in [5.41, 5.74) is 1.09. The van der Waals surface area contributed by atoms with Gasteiger partial charge in [-0.2, -0.15) is 0 Å². The fourth-order valence-corrected chi connectivity index (χ4v) is 0.619. The van der Waals surface area contributed by atoms with Crippen LogP contribution in [0.3, 0.4) is 0 Å². The zero-order chi connectivity index (χ0) is 8.53. The molecule has 0 bridgehead atoms. The summed E-state index contributed by atoms with van der Waals surface area (Å²) < 4.78 is 0. The molecule has 0 fully saturated rings. The van der Waals surface area contributed by atoms with Gasteiger partial charge in [-0.3, -0.25) is 0 Å². The summed E-state index contributed by atoms with van der Waals surface area (Å²) in [6, 6.07) is 0. The van der Waals surface area contributed by atoms with Crippen molar-refractivity contribution in [3.8, 4) is 0 Å². The Labute approximate surface area is 68.8 Å². The molecule has 0 aromatic rings. The molecule has 60 valence electrons. The predicted octanol–water partition coefficient (Wildman–Crippen LogP) is 2.41. The second kappa shape index (κ2) is 6.87. The van der Waals surface area contributed by atoms with E-state index >= 15 is 0 Å². The van der Waals surface area contributed by atoms with E-state index in [1.165, 1.54) is 0 Å². The highest BCUT2D eigenvalue weighted by Crippen LogP contribution is 1.90. The van der Waals surface area contributed by atoms with Crippen molar-refractivity contribution in [2.75, 3.05) is 6.54 Å². The highest BCUT2D eigenvalue weighted by atomic mass is 14.9. The van der Waals surface area contributed by atoms with Crippen molar-refractivity contribution in [3.63, 3.8) is 0 Å². The lowest BCUT2D eigenvalue weighted by atomic mass is 10.3. The third-order valence-corrected chi connectivity index (χ3v) is 1.17. The molecule has 0 radical (unpaired) electrons. The van der Waals surface area contributed by atoms with E-state index in [1.54, 1.807) is 6.08 Å². The van der Waals surface area contributed by atoms with Crippen molar-refractivity contribution in [3.05, 3.63) is 49.2 Å². The Bertz CT molecular complexity index is 175. The van der Waals surface area contributed by atoms with Gasteiger partial charge < -0.3 is 5.32 Å². The molecule has 0 aliphatic rings. The first-order valence-corrected chi connectivity index (χ1v) is 3.65. The van der Waals surface area contributed by atoms with Crippen molar-refractivity contribution in [2.45, 2.75) is 6.92 Å². The Balaban J connectivity index is 3.86. The first kappa shape index (κ1) is 9.76. The van der Waals surface area contributed by atoms with Gasteiger partial charge >= 0.3 is 0 Å². The van der Waals surface area contributed by atoms with E-state index in [0.29, 0.717) is 0 Å². The molecule has 0 atom stereocenters. The lowest BCUT2D eigenvalue weighted by Gasteiger charge is -2.01. The Morgan fingerprint density at radius 2 is 2.18 bits per heavy atom. The number of hydrogen-bond acceptors (Lipinski definition) is 1. The van der Waals surface area contributed by atoms with Crippen LogP contribution in [0.1, 0.15) is 6.92 Å². The van der Waals surface area contributed by atoms with Gasteiger partial charge in [0.2, 0.25) is 0 Å². The standard InChI is InChI=1S/C10H15N/c1-4-7-8-10(6-3)11-9-5-2/h4-8,11H,1-2,9H2,3H3/b8-7-,10-6+. The van der Waals surface area contributed by atoms with Gasteiger partial charge in [0.15, 0.2) is 0 Å². The minimum atomic E-state index is 0.793. The molecule has 0 aliphatic heterocycles. The van der Waals surface area contributed by atoms with Crippen LogP contribution >= 0.6 is 0 Å². The minimum absolute atomic E-state index is 0.793. The summed E-state index contributed by atoms with van der Waals surface area (Å²) in [6.45, 7) is 9.98. The van der Waals surface area contributed by atoms with Crippen LogP contribution < -0.4 is 5.32 Å². The summed E-state index contributed by atoms with van der Waals surface area (Å²) in [5, 5.41) is 3.16. The maximum absolute atomic E-state index is 3.61. The van der Waals surface area contributed by atoms with E-state index in [2.05, 4.69) is 18.5 Å². The second-order valence-electron chi connectivity index (χ2n) is 2.01. The van der Waals surface area contributed by atoms with Gasteiger partial charge in [0.25, 0.3) is 0 Å². The monoisotopic (exact) mass is 149 g/mol. The highest BCUT2D eigenvalue weighted by molar-refractivity contribution is 5.19. The molecule has 0 saturated heterocycles. The van der Waals surface area contributed by atoms with Crippen LogP contribution in [-0.2, 0) is 0 Å². The van der Waals surface area contributed by atoms with Crippen LogP contribution in [0.5, 0.6) is 0 Å². The Kier molecular flexibility index (Phi) is 6.10. The Hall–Kier alpha value is -1.24. The SMILES string of the molecule is C=C/C=C\C(=C/C)NCC=C. The van der Waals surface area contributed by atoms with Crippen molar-refractivity contribution >= 4 is 0 Å². The van der Waals surface area contributed by atoms with Gasteiger partial charge in [-0.25, -0.2) is 0 Å². The van der Waals surface area contributed by atoms with Gasteiger partial charge in [-0.05, 0) is 13.0 Å². The number of nitrogens with one attached hydrogen (secondary N) is 1. The molecular formula is C10H15N. The molecule has 0 unspecified atom stereocenters. The van der Waals surface area contributed by atoms with Crippen molar-refractivity contribution < 1.29 is 0 Å². The largest absolute Gasteiger partial charge is 0.382 e. The average Bonchev–Trinajstić information content (AvgIpc) is 2.05. The molecule has 0 rings (SSSR count). The van der Waals surface area contributed by atoms with Crippen LogP contribution in [-0.4, -0.2) is 6.54 Å². The molecule has 0 heterocycles. The van der Waals surface area contributed by atoms with Gasteiger partial charge in [-0.1, -0.05) is 30.9 Å². The normalized spacial score (nSPS) is 11.5.